The average Bonchev–Trinajstić information content (AvgIpc) is 2.21. The molecule has 0 atom stereocenters. The van der Waals surface area contributed by atoms with Crippen LogP contribution in [-0.2, 0) is 4.18 Å². The molecular formula is C12H9ClF4O2S. The van der Waals surface area contributed by atoms with Gasteiger partial charge in [0.15, 0.2) is 17.8 Å². The Bertz CT molecular complexity index is 569. The number of benzene rings is 1. The van der Waals surface area contributed by atoms with Gasteiger partial charge in [-0.3, -0.25) is 0 Å². The topological polar surface area (TPSA) is 18.5 Å². The molecule has 0 N–H and O–H groups in total. The van der Waals surface area contributed by atoms with Gasteiger partial charge in [-0.15, -0.1) is 0 Å². The minimum Gasteiger partial charge on any atom is -0.483 e. The van der Waals surface area contributed by atoms with Crippen LogP contribution in [0.1, 0.15) is 19.4 Å². The molecule has 1 heterocycles. The highest BCUT2D eigenvalue weighted by molar-refractivity contribution is 7.95. The first-order valence-corrected chi connectivity index (χ1v) is 6.53. The van der Waals surface area contributed by atoms with Crippen LogP contribution in [0, 0.1) is 5.82 Å². The highest BCUT2D eigenvalue weighted by Gasteiger charge is 2.36. The van der Waals surface area contributed by atoms with Crippen LogP contribution in [0.25, 0.3) is 5.76 Å². The Morgan fingerprint density at radius 1 is 1.30 bits per heavy atom. The molecule has 1 aliphatic heterocycles. The Labute approximate surface area is 121 Å². The lowest BCUT2D eigenvalue weighted by atomic mass is 10.0. The molecule has 8 heteroatoms. The highest BCUT2D eigenvalue weighted by Crippen LogP contribution is 2.43. The van der Waals surface area contributed by atoms with E-state index in [0.717, 1.165) is 6.07 Å². The predicted octanol–water partition coefficient (Wildman–Crippen LogP) is 5.18. The Balaban J connectivity index is 2.42. The van der Waals surface area contributed by atoms with Gasteiger partial charge in [0.05, 0.1) is 5.56 Å². The molecule has 0 amide bonds. The van der Waals surface area contributed by atoms with Crippen molar-refractivity contribution in [3.8, 4) is 5.75 Å². The van der Waals surface area contributed by atoms with E-state index in [0.29, 0.717) is 0 Å². The van der Waals surface area contributed by atoms with Gasteiger partial charge in [0, 0.05) is 11.1 Å². The molecule has 0 radical (unpaired) electrons. The summed E-state index contributed by atoms with van der Waals surface area (Å²) in [6.45, 7) is 3.22. The molecule has 0 saturated heterocycles. The van der Waals surface area contributed by atoms with E-state index >= 15 is 0 Å². The van der Waals surface area contributed by atoms with Crippen LogP contribution in [-0.4, -0.2) is 11.1 Å². The minimum atomic E-state index is -4.59. The molecule has 2 nitrogen and oxygen atoms in total. The van der Waals surface area contributed by atoms with Gasteiger partial charge in [-0.25, -0.2) is 4.39 Å². The third kappa shape index (κ3) is 3.52. The Morgan fingerprint density at radius 3 is 2.55 bits per heavy atom. The standard InChI is InChI=1S/C12H9ClF4O2S/c1-11(2)5-9(19-20-12(15,16)17)10-7(14)3-6(13)4-8(10)18-11/h3-5H,1-2H3. The monoisotopic (exact) mass is 328 g/mol. The van der Waals surface area contributed by atoms with Crippen molar-refractivity contribution in [1.82, 2.24) is 0 Å². The largest absolute Gasteiger partial charge is 0.483 e. The Hall–Kier alpha value is -1.08. The van der Waals surface area contributed by atoms with Crippen molar-refractivity contribution < 1.29 is 26.5 Å². The average molecular weight is 329 g/mol. The number of rotatable bonds is 2. The molecular weight excluding hydrogens is 320 g/mol. The summed E-state index contributed by atoms with van der Waals surface area (Å²) in [7, 11) is 0. The zero-order valence-electron chi connectivity index (χ0n) is 10.3. The SMILES string of the molecule is CC1(C)C=C(OSC(F)(F)F)c2c(F)cc(Cl)cc2O1. The fraction of sp³-hybridized carbons (Fsp3) is 0.333. The van der Waals surface area contributed by atoms with Crippen LogP contribution in [0.3, 0.4) is 0 Å². The zero-order valence-corrected chi connectivity index (χ0v) is 11.9. The van der Waals surface area contributed by atoms with Crippen molar-refractivity contribution in [1.29, 1.82) is 0 Å². The van der Waals surface area contributed by atoms with Gasteiger partial charge in [-0.05, 0) is 26.0 Å². The Kier molecular flexibility index (Phi) is 3.85. The van der Waals surface area contributed by atoms with E-state index in [1.165, 1.54) is 12.1 Å². The van der Waals surface area contributed by atoms with Crippen LogP contribution < -0.4 is 4.74 Å². The fourth-order valence-electron chi connectivity index (χ4n) is 1.73. The van der Waals surface area contributed by atoms with E-state index in [9.17, 15) is 17.6 Å². The van der Waals surface area contributed by atoms with Gasteiger partial charge in [0.25, 0.3) is 0 Å². The number of fused-ring (bicyclic) bond motifs is 1. The second-order valence-corrected chi connectivity index (χ2v) is 5.82. The fourth-order valence-corrected chi connectivity index (χ4v) is 2.24. The van der Waals surface area contributed by atoms with E-state index in [-0.39, 0.29) is 22.1 Å². The molecule has 1 aromatic rings. The molecule has 2 rings (SSSR count). The summed E-state index contributed by atoms with van der Waals surface area (Å²) < 4.78 is 60.6. The third-order valence-electron chi connectivity index (χ3n) is 2.34. The molecule has 110 valence electrons. The predicted molar refractivity (Wildman–Crippen MR) is 68.8 cm³/mol. The van der Waals surface area contributed by atoms with Gasteiger partial charge in [-0.2, -0.15) is 13.2 Å². The molecule has 0 unspecified atom stereocenters. The number of hydrogen-bond acceptors (Lipinski definition) is 3. The van der Waals surface area contributed by atoms with Crippen molar-refractivity contribution >= 4 is 29.4 Å². The second kappa shape index (κ2) is 5.04. The zero-order chi connectivity index (χ0) is 15.1. The normalized spacial score (nSPS) is 17.1. The molecule has 0 spiro atoms. The van der Waals surface area contributed by atoms with E-state index in [2.05, 4.69) is 4.18 Å². The van der Waals surface area contributed by atoms with Crippen LogP contribution in [0.5, 0.6) is 5.75 Å². The van der Waals surface area contributed by atoms with Crippen LogP contribution >= 0.6 is 23.6 Å². The van der Waals surface area contributed by atoms with Crippen LogP contribution in [0.2, 0.25) is 5.02 Å². The summed E-state index contributed by atoms with van der Waals surface area (Å²) in [5.41, 5.74) is -5.71. The Morgan fingerprint density at radius 2 is 1.95 bits per heavy atom. The summed E-state index contributed by atoms with van der Waals surface area (Å²) in [5.74, 6) is -1.01. The summed E-state index contributed by atoms with van der Waals surface area (Å²) in [5, 5.41) is 0.0850. The lowest BCUT2D eigenvalue weighted by Crippen LogP contribution is -2.29. The van der Waals surface area contributed by atoms with Crippen molar-refractivity contribution in [3.63, 3.8) is 0 Å². The van der Waals surface area contributed by atoms with Gasteiger partial charge < -0.3 is 8.92 Å². The first-order valence-electron chi connectivity index (χ1n) is 5.41. The third-order valence-corrected chi connectivity index (χ3v) is 3.01. The molecule has 1 aromatic carbocycles. The molecule has 1 aliphatic rings. The van der Waals surface area contributed by atoms with Gasteiger partial charge in [0.1, 0.15) is 17.2 Å². The molecule has 0 saturated carbocycles. The number of hydrogen-bond donors (Lipinski definition) is 0. The first kappa shape index (κ1) is 15.3. The maximum Gasteiger partial charge on any atom is 0.479 e. The summed E-state index contributed by atoms with van der Waals surface area (Å²) >= 11 is 5.00. The molecule has 0 aromatic heterocycles. The molecule has 0 aliphatic carbocycles. The number of halogens is 5. The number of alkyl halides is 3. The van der Waals surface area contributed by atoms with Crippen molar-refractivity contribution in [2.45, 2.75) is 25.0 Å². The minimum absolute atomic E-state index is 0.0419. The quantitative estimate of drug-likeness (QED) is 0.551. The van der Waals surface area contributed by atoms with Crippen LogP contribution in [0.4, 0.5) is 17.6 Å². The van der Waals surface area contributed by atoms with E-state index < -0.39 is 29.0 Å². The highest BCUT2D eigenvalue weighted by atomic mass is 35.5. The van der Waals surface area contributed by atoms with Crippen molar-refractivity contribution in [3.05, 3.63) is 34.6 Å². The van der Waals surface area contributed by atoms with E-state index in [1.807, 2.05) is 0 Å². The first-order chi connectivity index (χ1) is 9.07. The summed E-state index contributed by atoms with van der Waals surface area (Å²) in [6.07, 6.45) is 1.28. The van der Waals surface area contributed by atoms with Gasteiger partial charge >= 0.3 is 5.51 Å². The number of ether oxygens (including phenoxy) is 1. The van der Waals surface area contributed by atoms with Crippen molar-refractivity contribution in [2.24, 2.45) is 0 Å². The van der Waals surface area contributed by atoms with E-state index in [4.69, 9.17) is 16.3 Å². The summed E-state index contributed by atoms with van der Waals surface area (Å²) in [4.78, 5) is 0. The maximum atomic E-state index is 13.9. The molecule has 0 fully saturated rings. The smallest absolute Gasteiger partial charge is 0.479 e. The lowest BCUT2D eigenvalue weighted by Gasteiger charge is -2.30. The lowest BCUT2D eigenvalue weighted by molar-refractivity contribution is -0.0376. The maximum absolute atomic E-state index is 13.9. The van der Waals surface area contributed by atoms with Crippen molar-refractivity contribution in [2.75, 3.05) is 0 Å². The molecule has 0 bridgehead atoms. The van der Waals surface area contributed by atoms with Gasteiger partial charge in [0.2, 0.25) is 0 Å². The van der Waals surface area contributed by atoms with Crippen LogP contribution in [0.15, 0.2) is 18.2 Å². The summed E-state index contributed by atoms with van der Waals surface area (Å²) in [6, 6.07) is 2.31. The molecule has 20 heavy (non-hydrogen) atoms. The van der Waals surface area contributed by atoms with E-state index in [1.54, 1.807) is 13.8 Å². The second-order valence-electron chi connectivity index (χ2n) is 4.59. The van der Waals surface area contributed by atoms with Gasteiger partial charge in [-0.1, -0.05) is 11.6 Å².